The van der Waals surface area contributed by atoms with Crippen LogP contribution in [0.3, 0.4) is 0 Å². The molecule has 1 amide bonds. The summed E-state index contributed by atoms with van der Waals surface area (Å²) < 4.78 is 0. The summed E-state index contributed by atoms with van der Waals surface area (Å²) >= 11 is 5.35. The Hall–Kier alpha value is -2.57. The van der Waals surface area contributed by atoms with Crippen molar-refractivity contribution in [3.63, 3.8) is 0 Å². The van der Waals surface area contributed by atoms with Gasteiger partial charge >= 0.3 is 0 Å². The Balaban J connectivity index is 1.78. The van der Waals surface area contributed by atoms with E-state index in [1.54, 1.807) is 5.01 Å². The molecule has 1 heterocycles. The third kappa shape index (κ3) is 3.66. The van der Waals surface area contributed by atoms with E-state index in [-0.39, 0.29) is 17.1 Å². The maximum absolute atomic E-state index is 12.9. The third-order valence-corrected chi connectivity index (χ3v) is 4.71. The van der Waals surface area contributed by atoms with Crippen molar-refractivity contribution < 1.29 is 4.79 Å². The minimum Gasteiger partial charge on any atom is -0.331 e. The van der Waals surface area contributed by atoms with E-state index in [0.29, 0.717) is 5.71 Å². The van der Waals surface area contributed by atoms with Gasteiger partial charge in [0.25, 0.3) is 5.91 Å². The van der Waals surface area contributed by atoms with Crippen LogP contribution in [0, 0.1) is 0 Å². The molecule has 134 valence electrons. The zero-order valence-electron chi connectivity index (χ0n) is 15.1. The van der Waals surface area contributed by atoms with Gasteiger partial charge in [-0.25, -0.2) is 15.0 Å². The minimum absolute atomic E-state index is 0.156. The summed E-state index contributed by atoms with van der Waals surface area (Å²) in [6.07, 6.45) is 0.987. The highest BCUT2D eigenvalue weighted by molar-refractivity contribution is 7.80. The number of aliphatic imine (C=N–C) groups is 1. The molecular weight excluding hydrogens is 344 g/mol. The summed E-state index contributed by atoms with van der Waals surface area (Å²) in [5.41, 5.74) is 3.36. The number of carbonyl (C=O) groups excluding carboxylic acids is 1. The van der Waals surface area contributed by atoms with Crippen molar-refractivity contribution >= 4 is 40.3 Å². The Kier molecular flexibility index (Phi) is 5.44. The zero-order valence-corrected chi connectivity index (χ0v) is 16.0. The number of para-hydroxylation sites is 1. The zero-order chi connectivity index (χ0) is 18.7. The summed E-state index contributed by atoms with van der Waals surface area (Å²) in [6, 6.07) is 17.4. The molecule has 0 spiro atoms. The molecule has 1 atom stereocenters. The molecule has 2 aromatic rings. The van der Waals surface area contributed by atoms with Gasteiger partial charge in [-0.3, -0.25) is 4.79 Å². The second kappa shape index (κ2) is 7.76. The second-order valence-corrected chi connectivity index (χ2v) is 6.57. The number of anilines is 2. The van der Waals surface area contributed by atoms with Gasteiger partial charge in [-0.2, -0.15) is 0 Å². The van der Waals surface area contributed by atoms with Crippen LogP contribution >= 0.6 is 12.2 Å². The molecule has 1 fully saturated rings. The minimum atomic E-state index is -0.162. The molecule has 0 bridgehead atoms. The first-order valence-corrected chi connectivity index (χ1v) is 9.03. The van der Waals surface area contributed by atoms with Crippen LogP contribution in [0.25, 0.3) is 0 Å². The van der Waals surface area contributed by atoms with E-state index in [1.165, 1.54) is 5.56 Å². The van der Waals surface area contributed by atoms with E-state index in [1.807, 2.05) is 73.6 Å². The van der Waals surface area contributed by atoms with E-state index < -0.39 is 0 Å². The summed E-state index contributed by atoms with van der Waals surface area (Å²) in [5, 5.41) is 6.87. The summed E-state index contributed by atoms with van der Waals surface area (Å²) in [6.45, 7) is 4.06. The van der Waals surface area contributed by atoms with Crippen LogP contribution in [0.4, 0.5) is 11.4 Å². The first-order valence-electron chi connectivity index (χ1n) is 8.62. The average molecular weight is 366 g/mol. The Bertz CT molecular complexity index is 833. The summed E-state index contributed by atoms with van der Waals surface area (Å²) in [5.74, 6) is -0.156. The van der Waals surface area contributed by atoms with Gasteiger partial charge in [0.15, 0.2) is 5.11 Å². The monoisotopic (exact) mass is 366 g/mol. The lowest BCUT2D eigenvalue weighted by molar-refractivity contribution is -0.113. The highest BCUT2D eigenvalue weighted by Crippen LogP contribution is 2.24. The smallest absolute Gasteiger partial charge is 0.289 e. The molecule has 3 rings (SSSR count). The molecular formula is C20H22N4OS. The molecule has 6 heteroatoms. The second-order valence-electron chi connectivity index (χ2n) is 6.18. The Morgan fingerprint density at radius 2 is 1.81 bits per heavy atom. The number of benzene rings is 2. The molecule has 1 aliphatic heterocycles. The molecule has 1 unspecified atom stereocenters. The van der Waals surface area contributed by atoms with Crippen molar-refractivity contribution in [2.75, 3.05) is 17.4 Å². The van der Waals surface area contributed by atoms with Crippen LogP contribution in [0.5, 0.6) is 0 Å². The van der Waals surface area contributed by atoms with E-state index in [2.05, 4.69) is 17.2 Å². The maximum atomic E-state index is 12.9. The summed E-state index contributed by atoms with van der Waals surface area (Å²) in [4.78, 5) is 17.3. The van der Waals surface area contributed by atoms with Crippen molar-refractivity contribution in [3.8, 4) is 0 Å². The molecule has 1 saturated heterocycles. The van der Waals surface area contributed by atoms with Crippen LogP contribution in [-0.2, 0) is 11.2 Å². The van der Waals surface area contributed by atoms with Gasteiger partial charge < -0.3 is 5.32 Å². The average Bonchev–Trinajstić information content (AvgIpc) is 2.86. The number of hydrogen-bond acceptors (Lipinski definition) is 3. The number of aryl methyl sites for hydroxylation is 1. The van der Waals surface area contributed by atoms with Crippen LogP contribution in [-0.4, -0.2) is 34.8 Å². The number of amides is 1. The van der Waals surface area contributed by atoms with E-state index in [4.69, 9.17) is 12.2 Å². The SMILES string of the molecule is CCc1ccc(NC(=S)N=C2C(=O)N(c3ccccc3)N(C)C2C)cc1. The van der Waals surface area contributed by atoms with Crippen molar-refractivity contribution in [1.82, 2.24) is 5.01 Å². The number of thiocarbonyl (C=S) groups is 1. The van der Waals surface area contributed by atoms with E-state index in [9.17, 15) is 4.79 Å². The van der Waals surface area contributed by atoms with Crippen LogP contribution < -0.4 is 10.3 Å². The van der Waals surface area contributed by atoms with Crippen molar-refractivity contribution in [1.29, 1.82) is 0 Å². The summed E-state index contributed by atoms with van der Waals surface area (Å²) in [7, 11) is 1.87. The fourth-order valence-electron chi connectivity index (χ4n) is 2.88. The van der Waals surface area contributed by atoms with Crippen LogP contribution in [0.1, 0.15) is 19.4 Å². The van der Waals surface area contributed by atoms with Gasteiger partial charge in [0.2, 0.25) is 0 Å². The lowest BCUT2D eigenvalue weighted by Gasteiger charge is -2.25. The van der Waals surface area contributed by atoms with E-state index >= 15 is 0 Å². The predicted molar refractivity (Wildman–Crippen MR) is 111 cm³/mol. The Morgan fingerprint density at radius 3 is 2.42 bits per heavy atom. The van der Waals surface area contributed by atoms with Crippen LogP contribution in [0.15, 0.2) is 59.6 Å². The van der Waals surface area contributed by atoms with Gasteiger partial charge in [0, 0.05) is 12.7 Å². The topological polar surface area (TPSA) is 47.9 Å². The highest BCUT2D eigenvalue weighted by Gasteiger charge is 2.40. The Morgan fingerprint density at radius 1 is 1.15 bits per heavy atom. The fraction of sp³-hybridized carbons (Fsp3) is 0.250. The molecule has 26 heavy (non-hydrogen) atoms. The lowest BCUT2D eigenvalue weighted by atomic mass is 10.1. The number of hydrazine groups is 1. The Labute approximate surface area is 159 Å². The van der Waals surface area contributed by atoms with Crippen LogP contribution in [0.2, 0.25) is 0 Å². The number of rotatable bonds is 3. The fourth-order valence-corrected chi connectivity index (χ4v) is 3.09. The van der Waals surface area contributed by atoms with E-state index in [0.717, 1.165) is 17.8 Å². The van der Waals surface area contributed by atoms with Gasteiger partial charge in [0.1, 0.15) is 5.71 Å². The predicted octanol–water partition coefficient (Wildman–Crippen LogP) is 3.67. The van der Waals surface area contributed by atoms with Gasteiger partial charge in [-0.1, -0.05) is 37.3 Å². The van der Waals surface area contributed by atoms with Gasteiger partial charge in [0.05, 0.1) is 11.7 Å². The first kappa shape index (κ1) is 18.2. The number of hydrogen-bond donors (Lipinski definition) is 1. The molecule has 0 radical (unpaired) electrons. The molecule has 0 saturated carbocycles. The van der Waals surface area contributed by atoms with Gasteiger partial charge in [-0.15, -0.1) is 0 Å². The quantitative estimate of drug-likeness (QED) is 0.842. The van der Waals surface area contributed by atoms with Crippen molar-refractivity contribution in [2.45, 2.75) is 26.3 Å². The van der Waals surface area contributed by atoms with Crippen molar-refractivity contribution in [2.24, 2.45) is 4.99 Å². The maximum Gasteiger partial charge on any atom is 0.289 e. The largest absolute Gasteiger partial charge is 0.331 e. The number of nitrogens with zero attached hydrogens (tertiary/aromatic N) is 3. The molecule has 0 aromatic heterocycles. The first-order chi connectivity index (χ1) is 12.5. The molecule has 0 aliphatic carbocycles. The molecule has 1 N–H and O–H groups in total. The normalized spacial score (nSPS) is 19.2. The lowest BCUT2D eigenvalue weighted by Crippen LogP contribution is -2.38. The highest BCUT2D eigenvalue weighted by atomic mass is 32.1. The standard InChI is InChI=1S/C20H22N4OS/c1-4-15-10-12-16(13-11-15)21-20(26)22-18-14(2)23(3)24(19(18)25)17-8-6-5-7-9-17/h5-14H,4H2,1-3H3,(H,21,26). The van der Waals surface area contributed by atoms with Gasteiger partial charge in [-0.05, 0) is 55.4 Å². The van der Waals surface area contributed by atoms with Crippen molar-refractivity contribution in [3.05, 3.63) is 60.2 Å². The molecule has 2 aromatic carbocycles. The molecule has 1 aliphatic rings. The third-order valence-electron chi connectivity index (χ3n) is 4.52. The number of nitrogens with one attached hydrogen (secondary N) is 1. The number of carbonyl (C=O) groups is 1. The molecule has 5 nitrogen and oxygen atoms in total.